The fourth-order valence-electron chi connectivity index (χ4n) is 3.11. The highest BCUT2D eigenvalue weighted by molar-refractivity contribution is 5.91. The van der Waals surface area contributed by atoms with Crippen LogP contribution in [-0.4, -0.2) is 56.7 Å². The SMILES string of the molecule is C[C@H](C1CC1)N(CC(F)(F)F)C(=O)COC(=O)c1ccc2c(=O)[nH]c(=O)n(C)c2n1. The van der Waals surface area contributed by atoms with Crippen molar-refractivity contribution in [2.75, 3.05) is 13.2 Å². The van der Waals surface area contributed by atoms with Crippen LogP contribution in [0.4, 0.5) is 13.2 Å². The average molecular weight is 428 g/mol. The van der Waals surface area contributed by atoms with Crippen molar-refractivity contribution in [1.82, 2.24) is 19.4 Å². The number of esters is 1. The zero-order valence-electron chi connectivity index (χ0n) is 16.2. The quantitative estimate of drug-likeness (QED) is 0.686. The molecule has 1 atom stereocenters. The molecule has 2 heterocycles. The monoisotopic (exact) mass is 428 g/mol. The van der Waals surface area contributed by atoms with Crippen LogP contribution in [-0.2, 0) is 16.6 Å². The van der Waals surface area contributed by atoms with E-state index in [1.165, 1.54) is 20.0 Å². The number of rotatable bonds is 6. The maximum Gasteiger partial charge on any atom is 0.406 e. The van der Waals surface area contributed by atoms with Crippen LogP contribution < -0.4 is 11.2 Å². The molecular weight excluding hydrogens is 409 g/mol. The molecule has 12 heteroatoms. The predicted octanol–water partition coefficient (Wildman–Crippen LogP) is 0.968. The molecular formula is C18H19F3N4O5. The zero-order valence-corrected chi connectivity index (χ0v) is 16.2. The van der Waals surface area contributed by atoms with Crippen molar-refractivity contribution in [3.63, 3.8) is 0 Å². The van der Waals surface area contributed by atoms with Gasteiger partial charge in [0.05, 0.1) is 5.39 Å². The molecule has 1 aliphatic carbocycles. The molecule has 1 amide bonds. The van der Waals surface area contributed by atoms with Gasteiger partial charge in [0.1, 0.15) is 12.2 Å². The van der Waals surface area contributed by atoms with E-state index in [2.05, 4.69) is 9.97 Å². The number of H-pyrrole nitrogens is 1. The van der Waals surface area contributed by atoms with Crippen LogP contribution >= 0.6 is 0 Å². The van der Waals surface area contributed by atoms with E-state index >= 15 is 0 Å². The van der Waals surface area contributed by atoms with Gasteiger partial charge >= 0.3 is 17.8 Å². The molecule has 0 radical (unpaired) electrons. The Morgan fingerprint density at radius 3 is 2.60 bits per heavy atom. The van der Waals surface area contributed by atoms with Gasteiger partial charge < -0.3 is 9.64 Å². The second-order valence-corrected chi connectivity index (χ2v) is 7.18. The molecule has 2 aromatic heterocycles. The Morgan fingerprint density at radius 1 is 1.33 bits per heavy atom. The van der Waals surface area contributed by atoms with Crippen molar-refractivity contribution in [3.8, 4) is 0 Å². The summed E-state index contributed by atoms with van der Waals surface area (Å²) in [7, 11) is 1.33. The van der Waals surface area contributed by atoms with Gasteiger partial charge in [0.2, 0.25) is 0 Å². The number of nitrogens with zero attached hydrogens (tertiary/aromatic N) is 3. The van der Waals surface area contributed by atoms with E-state index in [1.54, 1.807) is 0 Å². The molecule has 162 valence electrons. The highest BCUT2D eigenvalue weighted by atomic mass is 19.4. The molecule has 0 aliphatic heterocycles. The van der Waals surface area contributed by atoms with Crippen LogP contribution in [0.3, 0.4) is 0 Å². The molecule has 0 unspecified atom stereocenters. The maximum atomic E-state index is 12.9. The molecule has 0 saturated heterocycles. The molecule has 2 aromatic rings. The number of halogens is 3. The fourth-order valence-corrected chi connectivity index (χ4v) is 3.11. The molecule has 1 N–H and O–H groups in total. The standard InChI is InChI=1S/C18H19F3N4O5/c1-9(10-3-4-10)25(8-18(19,20)21)13(26)7-30-16(28)12-6-5-11-14(22-12)24(2)17(29)23-15(11)27/h5-6,9-10H,3-4,7-8H2,1-2H3,(H,23,27,29)/t9-/m1/s1. The highest BCUT2D eigenvalue weighted by Gasteiger charge is 2.40. The summed E-state index contributed by atoms with van der Waals surface area (Å²) in [5.74, 6) is -2.04. The minimum Gasteiger partial charge on any atom is -0.451 e. The largest absolute Gasteiger partial charge is 0.451 e. The van der Waals surface area contributed by atoms with Crippen molar-refractivity contribution in [2.24, 2.45) is 13.0 Å². The van der Waals surface area contributed by atoms with Crippen LogP contribution in [0.1, 0.15) is 30.3 Å². The number of aromatic nitrogens is 3. The Bertz CT molecular complexity index is 1100. The smallest absolute Gasteiger partial charge is 0.406 e. The molecule has 1 saturated carbocycles. The van der Waals surface area contributed by atoms with E-state index in [9.17, 15) is 32.3 Å². The van der Waals surface area contributed by atoms with E-state index in [-0.39, 0.29) is 22.6 Å². The van der Waals surface area contributed by atoms with Gasteiger partial charge in [0.15, 0.2) is 12.3 Å². The van der Waals surface area contributed by atoms with E-state index in [1.807, 2.05) is 0 Å². The molecule has 1 fully saturated rings. The lowest BCUT2D eigenvalue weighted by molar-refractivity contribution is -0.167. The Balaban J connectivity index is 1.75. The molecule has 3 rings (SSSR count). The lowest BCUT2D eigenvalue weighted by Crippen LogP contribution is -2.47. The van der Waals surface area contributed by atoms with E-state index in [0.29, 0.717) is 4.90 Å². The number of hydrogen-bond acceptors (Lipinski definition) is 6. The number of aryl methyl sites for hydroxylation is 1. The summed E-state index contributed by atoms with van der Waals surface area (Å²) in [6.07, 6.45) is -3.11. The first-order chi connectivity index (χ1) is 14.0. The predicted molar refractivity (Wildman–Crippen MR) is 97.8 cm³/mol. The van der Waals surface area contributed by atoms with Crippen molar-refractivity contribution in [2.45, 2.75) is 32.0 Å². The van der Waals surface area contributed by atoms with Gasteiger partial charge in [-0.2, -0.15) is 13.2 Å². The van der Waals surface area contributed by atoms with Gasteiger partial charge in [-0.3, -0.25) is 19.1 Å². The molecule has 0 spiro atoms. The lowest BCUT2D eigenvalue weighted by Gasteiger charge is -2.30. The zero-order chi connectivity index (χ0) is 22.2. The number of fused-ring (bicyclic) bond motifs is 1. The van der Waals surface area contributed by atoms with E-state index in [0.717, 1.165) is 23.5 Å². The van der Waals surface area contributed by atoms with Gasteiger partial charge in [-0.1, -0.05) is 0 Å². The number of ether oxygens (including phenoxy) is 1. The third-order valence-corrected chi connectivity index (χ3v) is 4.96. The maximum absolute atomic E-state index is 12.9. The Hall–Kier alpha value is -3.18. The Labute approximate surface area is 167 Å². The number of pyridine rings is 1. The summed E-state index contributed by atoms with van der Waals surface area (Å²) in [5, 5.41) is 0.0549. The number of nitrogens with one attached hydrogen (secondary N) is 1. The van der Waals surface area contributed by atoms with Crippen molar-refractivity contribution < 1.29 is 27.5 Å². The summed E-state index contributed by atoms with van der Waals surface area (Å²) in [6.45, 7) is -0.786. The second kappa shape index (κ2) is 7.92. The van der Waals surface area contributed by atoms with Crippen molar-refractivity contribution in [1.29, 1.82) is 0 Å². The number of aromatic amines is 1. The van der Waals surface area contributed by atoms with Gasteiger partial charge in [-0.05, 0) is 37.8 Å². The Morgan fingerprint density at radius 2 is 2.00 bits per heavy atom. The fraction of sp³-hybridized carbons (Fsp3) is 0.500. The summed E-state index contributed by atoms with van der Waals surface area (Å²) in [5.41, 5.74) is -1.80. The number of carbonyl (C=O) groups excluding carboxylic acids is 2. The second-order valence-electron chi connectivity index (χ2n) is 7.18. The van der Waals surface area contributed by atoms with Crippen LogP contribution in [0.25, 0.3) is 11.0 Å². The van der Waals surface area contributed by atoms with Gasteiger partial charge in [0, 0.05) is 13.1 Å². The van der Waals surface area contributed by atoms with Crippen LogP contribution in [0.15, 0.2) is 21.7 Å². The lowest BCUT2D eigenvalue weighted by atomic mass is 10.2. The van der Waals surface area contributed by atoms with Crippen molar-refractivity contribution >= 4 is 22.9 Å². The van der Waals surface area contributed by atoms with Crippen LogP contribution in [0.2, 0.25) is 0 Å². The molecule has 9 nitrogen and oxygen atoms in total. The van der Waals surface area contributed by atoms with Crippen LogP contribution in [0, 0.1) is 5.92 Å². The first-order valence-electron chi connectivity index (χ1n) is 9.11. The highest BCUT2D eigenvalue weighted by Crippen LogP contribution is 2.36. The minimum absolute atomic E-state index is 0.00599. The molecule has 1 aliphatic rings. The Kier molecular flexibility index (Phi) is 5.68. The van der Waals surface area contributed by atoms with E-state index in [4.69, 9.17) is 4.74 Å². The third-order valence-electron chi connectivity index (χ3n) is 4.96. The van der Waals surface area contributed by atoms with Gasteiger partial charge in [-0.25, -0.2) is 14.6 Å². The van der Waals surface area contributed by atoms with Crippen LogP contribution in [0.5, 0.6) is 0 Å². The molecule has 0 bridgehead atoms. The van der Waals surface area contributed by atoms with Crippen molar-refractivity contribution in [3.05, 3.63) is 38.7 Å². The first-order valence-corrected chi connectivity index (χ1v) is 9.11. The summed E-state index contributed by atoms with van der Waals surface area (Å²) < 4.78 is 44.4. The topological polar surface area (TPSA) is 114 Å². The third kappa shape index (κ3) is 4.69. The summed E-state index contributed by atoms with van der Waals surface area (Å²) >= 11 is 0. The first kappa shape index (κ1) is 21.5. The molecule has 0 aromatic carbocycles. The minimum atomic E-state index is -4.58. The van der Waals surface area contributed by atoms with Gasteiger partial charge in [-0.15, -0.1) is 0 Å². The normalized spacial score (nSPS) is 15.1. The number of amides is 1. The summed E-state index contributed by atoms with van der Waals surface area (Å²) in [4.78, 5) is 54.7. The average Bonchev–Trinajstić information content (AvgIpc) is 3.52. The molecule has 30 heavy (non-hydrogen) atoms. The number of carbonyl (C=O) groups is 2. The summed E-state index contributed by atoms with van der Waals surface area (Å²) in [6, 6.07) is 1.79. The number of hydrogen-bond donors (Lipinski definition) is 1. The van der Waals surface area contributed by atoms with Gasteiger partial charge in [0.25, 0.3) is 11.5 Å². The van der Waals surface area contributed by atoms with E-state index < -0.39 is 48.5 Å². The number of alkyl halides is 3.